The van der Waals surface area contributed by atoms with E-state index in [1.54, 1.807) is 30.6 Å². The van der Waals surface area contributed by atoms with Gasteiger partial charge in [-0.3, -0.25) is 4.79 Å². The van der Waals surface area contributed by atoms with Gasteiger partial charge in [0.1, 0.15) is 5.82 Å². The zero-order valence-corrected chi connectivity index (χ0v) is 12.4. The predicted octanol–water partition coefficient (Wildman–Crippen LogP) is 3.20. The molecular formula is C17H16FN3O. The summed E-state index contributed by atoms with van der Waals surface area (Å²) >= 11 is 0. The summed E-state index contributed by atoms with van der Waals surface area (Å²) in [5.41, 5.74) is 3.17. The first-order chi connectivity index (χ1) is 10.5. The average molecular weight is 297 g/mol. The second-order valence-corrected chi connectivity index (χ2v) is 5.31. The lowest BCUT2D eigenvalue weighted by atomic mass is 10.1. The lowest BCUT2D eigenvalue weighted by Gasteiger charge is -2.14. The molecule has 1 unspecified atom stereocenters. The number of nitrogens with zero attached hydrogens (tertiary/aromatic N) is 2. The molecule has 1 amide bonds. The van der Waals surface area contributed by atoms with Gasteiger partial charge >= 0.3 is 0 Å². The minimum atomic E-state index is -0.289. The van der Waals surface area contributed by atoms with Gasteiger partial charge in [0, 0.05) is 12.6 Å². The van der Waals surface area contributed by atoms with Crippen LogP contribution in [0.4, 0.5) is 4.39 Å². The van der Waals surface area contributed by atoms with Crippen molar-refractivity contribution in [3.8, 4) is 0 Å². The molecule has 0 bridgehead atoms. The van der Waals surface area contributed by atoms with Crippen LogP contribution in [-0.2, 0) is 7.05 Å². The Balaban J connectivity index is 1.78. The number of nitrogens with one attached hydrogen (secondary N) is 1. The first kappa shape index (κ1) is 14.3. The second kappa shape index (κ2) is 5.60. The number of carbonyl (C=O) groups is 1. The summed E-state index contributed by atoms with van der Waals surface area (Å²) in [5, 5.41) is 2.91. The molecule has 3 rings (SSSR count). The van der Waals surface area contributed by atoms with Crippen LogP contribution in [0.25, 0.3) is 11.0 Å². The highest BCUT2D eigenvalue weighted by molar-refractivity contribution is 5.97. The van der Waals surface area contributed by atoms with Crippen LogP contribution in [-0.4, -0.2) is 15.5 Å². The molecule has 0 aliphatic heterocycles. The number of aryl methyl sites for hydroxylation is 1. The highest BCUT2D eigenvalue weighted by Crippen LogP contribution is 2.16. The zero-order valence-electron chi connectivity index (χ0n) is 12.4. The Kier molecular flexibility index (Phi) is 3.63. The van der Waals surface area contributed by atoms with Gasteiger partial charge in [0.15, 0.2) is 0 Å². The van der Waals surface area contributed by atoms with Crippen molar-refractivity contribution < 1.29 is 9.18 Å². The summed E-state index contributed by atoms with van der Waals surface area (Å²) < 4.78 is 14.8. The highest BCUT2D eigenvalue weighted by Gasteiger charge is 2.12. The van der Waals surface area contributed by atoms with E-state index < -0.39 is 0 Å². The number of carbonyl (C=O) groups excluding carboxylic acids is 1. The summed E-state index contributed by atoms with van der Waals surface area (Å²) in [5.74, 6) is -0.466. The minimum Gasteiger partial charge on any atom is -0.346 e. The molecule has 5 heteroatoms. The number of rotatable bonds is 3. The molecular weight excluding hydrogens is 281 g/mol. The molecule has 22 heavy (non-hydrogen) atoms. The van der Waals surface area contributed by atoms with Gasteiger partial charge in [0.25, 0.3) is 5.91 Å². The molecule has 0 spiro atoms. The van der Waals surface area contributed by atoms with Gasteiger partial charge in [0.05, 0.1) is 23.4 Å². The van der Waals surface area contributed by atoms with Gasteiger partial charge in [-0.1, -0.05) is 12.1 Å². The number of halogens is 1. The number of fused-ring (bicyclic) bond motifs is 1. The Labute approximate surface area is 127 Å². The third-order valence-corrected chi connectivity index (χ3v) is 3.71. The van der Waals surface area contributed by atoms with Gasteiger partial charge in [-0.15, -0.1) is 0 Å². The Bertz CT molecular complexity index is 824. The largest absolute Gasteiger partial charge is 0.346 e. The molecule has 0 saturated heterocycles. The molecule has 0 saturated carbocycles. The molecule has 0 aliphatic rings. The maximum atomic E-state index is 12.9. The van der Waals surface area contributed by atoms with Crippen molar-refractivity contribution in [1.29, 1.82) is 0 Å². The zero-order chi connectivity index (χ0) is 15.7. The van der Waals surface area contributed by atoms with E-state index in [4.69, 9.17) is 0 Å². The van der Waals surface area contributed by atoms with Crippen LogP contribution < -0.4 is 5.32 Å². The molecule has 1 atom stereocenters. The summed E-state index contributed by atoms with van der Waals surface area (Å²) in [6.45, 7) is 1.87. The van der Waals surface area contributed by atoms with Crippen molar-refractivity contribution in [3.63, 3.8) is 0 Å². The van der Waals surface area contributed by atoms with Crippen LogP contribution in [0.1, 0.15) is 28.9 Å². The molecule has 2 aromatic carbocycles. The third kappa shape index (κ3) is 2.70. The molecule has 3 aromatic rings. The van der Waals surface area contributed by atoms with Gasteiger partial charge < -0.3 is 9.88 Å². The fourth-order valence-corrected chi connectivity index (χ4v) is 2.39. The van der Waals surface area contributed by atoms with Gasteiger partial charge in [-0.2, -0.15) is 0 Å². The lowest BCUT2D eigenvalue weighted by molar-refractivity contribution is 0.0940. The number of aromatic nitrogens is 2. The van der Waals surface area contributed by atoms with E-state index in [2.05, 4.69) is 10.3 Å². The van der Waals surface area contributed by atoms with Crippen LogP contribution in [0.5, 0.6) is 0 Å². The third-order valence-electron chi connectivity index (χ3n) is 3.71. The molecule has 4 nitrogen and oxygen atoms in total. The maximum Gasteiger partial charge on any atom is 0.251 e. The molecule has 0 aliphatic carbocycles. The van der Waals surface area contributed by atoms with Crippen LogP contribution in [0.3, 0.4) is 0 Å². The fourth-order valence-electron chi connectivity index (χ4n) is 2.39. The van der Waals surface area contributed by atoms with Crippen LogP contribution in [0.2, 0.25) is 0 Å². The SMILES string of the molecule is CC(NC(=O)c1ccc2c(c1)ncn2C)c1ccc(F)cc1. The quantitative estimate of drug-likeness (QED) is 0.807. The summed E-state index contributed by atoms with van der Waals surface area (Å²) in [6, 6.07) is 11.3. The van der Waals surface area contributed by atoms with E-state index in [-0.39, 0.29) is 17.8 Å². The summed E-state index contributed by atoms with van der Waals surface area (Å²) in [7, 11) is 1.91. The first-order valence-corrected chi connectivity index (χ1v) is 7.02. The van der Waals surface area contributed by atoms with E-state index >= 15 is 0 Å². The van der Waals surface area contributed by atoms with Gasteiger partial charge in [-0.05, 0) is 42.8 Å². The number of benzene rings is 2. The van der Waals surface area contributed by atoms with Gasteiger partial charge in [0.2, 0.25) is 0 Å². The minimum absolute atomic E-state index is 0.177. The Morgan fingerprint density at radius 3 is 2.68 bits per heavy atom. The standard InChI is InChI=1S/C17H16FN3O/c1-11(12-3-6-14(18)7-4-12)20-17(22)13-5-8-16-15(9-13)19-10-21(16)2/h3-11H,1-2H3,(H,20,22). The molecule has 1 heterocycles. The number of hydrogen-bond donors (Lipinski definition) is 1. The topological polar surface area (TPSA) is 46.9 Å². The molecule has 112 valence electrons. The van der Waals surface area contributed by atoms with E-state index in [9.17, 15) is 9.18 Å². The number of hydrogen-bond acceptors (Lipinski definition) is 2. The Morgan fingerprint density at radius 1 is 1.23 bits per heavy atom. The van der Waals surface area contributed by atoms with Crippen molar-refractivity contribution in [2.45, 2.75) is 13.0 Å². The monoisotopic (exact) mass is 297 g/mol. The Hall–Kier alpha value is -2.69. The highest BCUT2D eigenvalue weighted by atomic mass is 19.1. The van der Waals surface area contributed by atoms with Crippen molar-refractivity contribution >= 4 is 16.9 Å². The van der Waals surface area contributed by atoms with E-state index in [1.165, 1.54) is 12.1 Å². The van der Waals surface area contributed by atoms with Crippen molar-refractivity contribution in [3.05, 3.63) is 65.7 Å². The first-order valence-electron chi connectivity index (χ1n) is 7.02. The van der Waals surface area contributed by atoms with Crippen molar-refractivity contribution in [2.75, 3.05) is 0 Å². The molecule has 1 N–H and O–H groups in total. The number of amides is 1. The van der Waals surface area contributed by atoms with Crippen LogP contribution in [0, 0.1) is 5.82 Å². The maximum absolute atomic E-state index is 12.9. The lowest BCUT2D eigenvalue weighted by Crippen LogP contribution is -2.26. The normalized spacial score (nSPS) is 12.3. The fraction of sp³-hybridized carbons (Fsp3) is 0.176. The summed E-state index contributed by atoms with van der Waals surface area (Å²) in [6.07, 6.45) is 1.72. The average Bonchev–Trinajstić information content (AvgIpc) is 2.88. The van der Waals surface area contributed by atoms with E-state index in [0.717, 1.165) is 16.6 Å². The van der Waals surface area contributed by atoms with Crippen molar-refractivity contribution in [1.82, 2.24) is 14.9 Å². The van der Waals surface area contributed by atoms with E-state index in [0.29, 0.717) is 5.56 Å². The molecule has 0 fully saturated rings. The molecule has 1 aromatic heterocycles. The van der Waals surface area contributed by atoms with Crippen molar-refractivity contribution in [2.24, 2.45) is 7.05 Å². The summed E-state index contributed by atoms with van der Waals surface area (Å²) in [4.78, 5) is 16.6. The Morgan fingerprint density at radius 2 is 1.95 bits per heavy atom. The predicted molar refractivity (Wildman–Crippen MR) is 83.0 cm³/mol. The molecule has 0 radical (unpaired) electrons. The van der Waals surface area contributed by atoms with Gasteiger partial charge in [-0.25, -0.2) is 9.37 Å². The smallest absolute Gasteiger partial charge is 0.251 e. The number of imidazole rings is 1. The van der Waals surface area contributed by atoms with E-state index in [1.807, 2.05) is 24.6 Å². The van der Waals surface area contributed by atoms with Crippen LogP contribution in [0.15, 0.2) is 48.8 Å². The van der Waals surface area contributed by atoms with Crippen LogP contribution >= 0.6 is 0 Å². The second-order valence-electron chi connectivity index (χ2n) is 5.31.